The standard InChI is InChI=1S/C24H22F4N2O2S/c1-13-21(31)22(33-30-13)15-7-5-14(6-8-15)16-3-2-4-17(11-16)23(32)29-20-10-9-18(12-19(20)25)24(26,27)28/h5-10,12,16-17,31H,2-4,11H2,1H3,(H,29,32). The van der Waals surface area contributed by atoms with Crippen LogP contribution in [0.5, 0.6) is 5.75 Å². The number of carbonyl (C=O) groups excluding carboxylic acids is 1. The highest BCUT2D eigenvalue weighted by Crippen LogP contribution is 2.40. The first-order valence-corrected chi connectivity index (χ1v) is 11.3. The topological polar surface area (TPSA) is 62.2 Å². The van der Waals surface area contributed by atoms with Crippen molar-refractivity contribution in [1.29, 1.82) is 0 Å². The number of nitrogens with zero attached hydrogens (tertiary/aromatic N) is 1. The maximum Gasteiger partial charge on any atom is 0.416 e. The molecule has 1 aromatic heterocycles. The molecule has 2 aromatic carbocycles. The highest BCUT2D eigenvalue weighted by Gasteiger charge is 2.32. The van der Waals surface area contributed by atoms with Crippen LogP contribution in [-0.2, 0) is 11.0 Å². The minimum Gasteiger partial charge on any atom is -0.505 e. The lowest BCUT2D eigenvalue weighted by molar-refractivity contribution is -0.137. The van der Waals surface area contributed by atoms with Gasteiger partial charge in [-0.15, -0.1) is 0 Å². The average Bonchev–Trinajstić information content (AvgIpc) is 3.13. The van der Waals surface area contributed by atoms with Crippen molar-refractivity contribution >= 4 is 23.1 Å². The molecule has 2 unspecified atom stereocenters. The highest BCUT2D eigenvalue weighted by atomic mass is 32.1. The van der Waals surface area contributed by atoms with Gasteiger partial charge < -0.3 is 10.4 Å². The lowest BCUT2D eigenvalue weighted by atomic mass is 9.77. The van der Waals surface area contributed by atoms with E-state index in [1.807, 2.05) is 24.3 Å². The van der Waals surface area contributed by atoms with Crippen LogP contribution < -0.4 is 5.32 Å². The number of rotatable bonds is 4. The first-order chi connectivity index (χ1) is 15.6. The van der Waals surface area contributed by atoms with E-state index in [2.05, 4.69) is 9.69 Å². The molecule has 2 N–H and O–H groups in total. The summed E-state index contributed by atoms with van der Waals surface area (Å²) in [6, 6.07) is 9.89. The second kappa shape index (κ2) is 9.13. The number of anilines is 1. The fraction of sp³-hybridized carbons (Fsp3) is 0.333. The Morgan fingerprint density at radius 2 is 1.88 bits per heavy atom. The Labute approximate surface area is 192 Å². The van der Waals surface area contributed by atoms with Crippen molar-refractivity contribution in [2.45, 2.75) is 44.7 Å². The molecule has 0 radical (unpaired) electrons. The van der Waals surface area contributed by atoms with E-state index in [4.69, 9.17) is 0 Å². The molecule has 0 aliphatic heterocycles. The summed E-state index contributed by atoms with van der Waals surface area (Å²) in [5, 5.41) is 12.6. The Bertz CT molecular complexity index is 1160. The van der Waals surface area contributed by atoms with Crippen molar-refractivity contribution in [3.05, 3.63) is 65.1 Å². The molecule has 1 fully saturated rings. The molecule has 1 saturated carbocycles. The molecule has 1 amide bonds. The molecule has 0 spiro atoms. The number of halogens is 4. The van der Waals surface area contributed by atoms with Crippen molar-refractivity contribution in [1.82, 2.24) is 4.37 Å². The van der Waals surface area contributed by atoms with Crippen LogP contribution in [0.4, 0.5) is 23.2 Å². The number of nitrogens with one attached hydrogen (secondary N) is 1. The van der Waals surface area contributed by atoms with Crippen LogP contribution in [0.2, 0.25) is 0 Å². The van der Waals surface area contributed by atoms with Gasteiger partial charge in [0, 0.05) is 5.92 Å². The van der Waals surface area contributed by atoms with Gasteiger partial charge in [-0.1, -0.05) is 30.7 Å². The van der Waals surface area contributed by atoms with E-state index < -0.39 is 17.6 Å². The highest BCUT2D eigenvalue weighted by molar-refractivity contribution is 7.10. The zero-order valence-corrected chi connectivity index (χ0v) is 18.6. The number of hydrogen-bond acceptors (Lipinski definition) is 4. The van der Waals surface area contributed by atoms with Gasteiger partial charge in [0.1, 0.15) is 5.82 Å². The van der Waals surface area contributed by atoms with Gasteiger partial charge in [-0.2, -0.15) is 17.5 Å². The number of carbonyl (C=O) groups is 1. The van der Waals surface area contributed by atoms with Crippen LogP contribution in [0.3, 0.4) is 0 Å². The van der Waals surface area contributed by atoms with E-state index in [0.29, 0.717) is 29.5 Å². The third-order valence-corrected chi connectivity index (χ3v) is 7.05. The summed E-state index contributed by atoms with van der Waals surface area (Å²) >= 11 is 1.23. The van der Waals surface area contributed by atoms with Crippen molar-refractivity contribution < 1.29 is 27.5 Å². The largest absolute Gasteiger partial charge is 0.505 e. The fourth-order valence-electron chi connectivity index (χ4n) is 4.22. The van der Waals surface area contributed by atoms with Gasteiger partial charge in [0.25, 0.3) is 0 Å². The van der Waals surface area contributed by atoms with Crippen molar-refractivity contribution in [2.24, 2.45) is 5.92 Å². The quantitative estimate of drug-likeness (QED) is 0.401. The molecule has 33 heavy (non-hydrogen) atoms. The van der Waals surface area contributed by atoms with Gasteiger partial charge >= 0.3 is 6.18 Å². The maximum atomic E-state index is 14.1. The van der Waals surface area contributed by atoms with E-state index in [-0.39, 0.29) is 29.2 Å². The Kier molecular flexibility index (Phi) is 6.43. The molecular formula is C24H22F4N2O2S. The average molecular weight is 479 g/mol. The smallest absolute Gasteiger partial charge is 0.416 e. The van der Waals surface area contributed by atoms with Crippen molar-refractivity contribution in [2.75, 3.05) is 5.32 Å². The van der Waals surface area contributed by atoms with Gasteiger partial charge in [0.2, 0.25) is 5.91 Å². The zero-order chi connectivity index (χ0) is 23.8. The second-order valence-corrected chi connectivity index (χ2v) is 9.08. The summed E-state index contributed by atoms with van der Waals surface area (Å²) in [7, 11) is 0. The zero-order valence-electron chi connectivity index (χ0n) is 17.7. The molecule has 4 rings (SSSR count). The minimum absolute atomic E-state index is 0.137. The fourth-order valence-corrected chi connectivity index (χ4v) is 5.01. The number of benzene rings is 2. The van der Waals surface area contributed by atoms with E-state index >= 15 is 0 Å². The lowest BCUT2D eigenvalue weighted by Gasteiger charge is -2.29. The van der Waals surface area contributed by atoms with Gasteiger partial charge in [-0.3, -0.25) is 4.79 Å². The van der Waals surface area contributed by atoms with E-state index in [1.54, 1.807) is 6.92 Å². The van der Waals surface area contributed by atoms with Crippen molar-refractivity contribution in [3.63, 3.8) is 0 Å². The summed E-state index contributed by atoms with van der Waals surface area (Å²) in [4.78, 5) is 13.4. The van der Waals surface area contributed by atoms with E-state index in [0.717, 1.165) is 36.1 Å². The summed E-state index contributed by atoms with van der Waals surface area (Å²) in [5.74, 6) is -1.54. The van der Waals surface area contributed by atoms with Crippen LogP contribution >= 0.6 is 11.5 Å². The molecule has 1 aliphatic rings. The summed E-state index contributed by atoms with van der Waals surface area (Å²) in [6.07, 6.45) is -1.72. The lowest BCUT2D eigenvalue weighted by Crippen LogP contribution is -2.28. The number of aromatic hydroxyl groups is 1. The van der Waals surface area contributed by atoms with E-state index in [1.165, 1.54) is 11.5 Å². The van der Waals surface area contributed by atoms with Crippen LogP contribution in [-0.4, -0.2) is 15.4 Å². The predicted octanol–water partition coefficient (Wildman–Crippen LogP) is 6.89. The third-order valence-electron chi connectivity index (χ3n) is 6.08. The normalized spacial score (nSPS) is 18.8. The molecule has 3 aromatic rings. The summed E-state index contributed by atoms with van der Waals surface area (Å²) in [5.41, 5.74) is 1.17. The van der Waals surface area contributed by atoms with Gasteiger partial charge in [0.05, 0.1) is 21.8 Å². The number of aryl methyl sites for hydroxylation is 1. The van der Waals surface area contributed by atoms with Crippen LogP contribution in [0.25, 0.3) is 10.4 Å². The minimum atomic E-state index is -4.65. The van der Waals surface area contributed by atoms with Gasteiger partial charge in [0.15, 0.2) is 5.75 Å². The molecule has 0 bridgehead atoms. The Hall–Kier alpha value is -2.94. The molecule has 0 saturated heterocycles. The van der Waals surface area contributed by atoms with Crippen molar-refractivity contribution in [3.8, 4) is 16.2 Å². The Morgan fingerprint density at radius 1 is 1.15 bits per heavy atom. The molecule has 1 aliphatic carbocycles. The van der Waals surface area contributed by atoms with E-state index in [9.17, 15) is 27.5 Å². The molecular weight excluding hydrogens is 456 g/mol. The molecule has 9 heteroatoms. The van der Waals surface area contributed by atoms with Gasteiger partial charge in [-0.05, 0) is 73.0 Å². The molecule has 2 atom stereocenters. The maximum absolute atomic E-state index is 14.1. The number of amides is 1. The van der Waals surface area contributed by atoms with Gasteiger partial charge in [-0.25, -0.2) is 4.39 Å². The molecule has 4 nitrogen and oxygen atoms in total. The number of hydrogen-bond donors (Lipinski definition) is 2. The number of aromatic nitrogens is 1. The Balaban J connectivity index is 1.43. The summed E-state index contributed by atoms with van der Waals surface area (Å²) in [6.45, 7) is 1.74. The summed E-state index contributed by atoms with van der Waals surface area (Å²) < 4.78 is 56.5. The monoisotopic (exact) mass is 478 g/mol. The first kappa shape index (κ1) is 23.2. The third kappa shape index (κ3) is 5.03. The SMILES string of the molecule is Cc1nsc(-c2ccc(C3CCCC(C(=O)Nc4ccc(C(F)(F)F)cc4F)C3)cc2)c1O. The number of alkyl halides is 3. The molecule has 1 heterocycles. The van der Waals surface area contributed by atoms with Crippen LogP contribution in [0.15, 0.2) is 42.5 Å². The predicted molar refractivity (Wildman–Crippen MR) is 119 cm³/mol. The molecule has 174 valence electrons. The van der Waals surface area contributed by atoms with Crippen LogP contribution in [0.1, 0.15) is 48.4 Å². The Morgan fingerprint density at radius 3 is 2.48 bits per heavy atom. The second-order valence-electron chi connectivity index (χ2n) is 8.31. The first-order valence-electron chi connectivity index (χ1n) is 10.6. The van der Waals surface area contributed by atoms with Crippen LogP contribution in [0, 0.1) is 18.7 Å².